The molecule has 0 aliphatic carbocycles. The Bertz CT molecular complexity index is 1450. The van der Waals surface area contributed by atoms with Crippen LogP contribution in [0.25, 0.3) is 28.2 Å². The predicted molar refractivity (Wildman–Crippen MR) is 124 cm³/mol. The molecular formula is C25H20N2O4S. The molecular weight excluding hydrogens is 424 g/mol. The molecule has 0 atom stereocenters. The number of H-pyrrole nitrogens is 1. The molecule has 0 aliphatic heterocycles. The lowest BCUT2D eigenvalue weighted by molar-refractivity contribution is 0.415. The number of nitriles is 1. The van der Waals surface area contributed by atoms with Crippen molar-refractivity contribution < 1.29 is 17.9 Å². The summed E-state index contributed by atoms with van der Waals surface area (Å²) in [4.78, 5) is 3.07. The average Bonchev–Trinajstić information content (AvgIpc) is 3.20. The summed E-state index contributed by atoms with van der Waals surface area (Å²) < 4.78 is 36.9. The third-order valence-electron chi connectivity index (χ3n) is 5.15. The van der Waals surface area contributed by atoms with E-state index in [0.717, 1.165) is 16.5 Å². The molecule has 0 unspecified atom stereocenters. The van der Waals surface area contributed by atoms with E-state index in [4.69, 9.17) is 9.47 Å². The molecule has 0 fully saturated rings. The molecule has 0 amide bonds. The van der Waals surface area contributed by atoms with Crippen LogP contribution < -0.4 is 9.47 Å². The normalized spacial score (nSPS) is 11.8. The van der Waals surface area contributed by atoms with Gasteiger partial charge in [-0.05, 0) is 66.2 Å². The number of nitrogens with one attached hydrogen (secondary N) is 1. The first kappa shape index (κ1) is 21.2. The number of hydrogen-bond acceptors (Lipinski definition) is 5. The first-order valence-electron chi connectivity index (χ1n) is 9.74. The Kier molecular flexibility index (Phi) is 5.71. The van der Waals surface area contributed by atoms with E-state index in [2.05, 4.69) is 4.98 Å². The van der Waals surface area contributed by atoms with Gasteiger partial charge in [0.1, 0.15) is 22.5 Å². The molecule has 1 aromatic heterocycles. The second kappa shape index (κ2) is 8.61. The van der Waals surface area contributed by atoms with E-state index in [-0.39, 0.29) is 9.80 Å². The van der Waals surface area contributed by atoms with Gasteiger partial charge in [-0.25, -0.2) is 8.42 Å². The summed E-state index contributed by atoms with van der Waals surface area (Å²) in [6.07, 6.45) is 1.42. The highest BCUT2D eigenvalue weighted by atomic mass is 32.2. The van der Waals surface area contributed by atoms with E-state index in [1.54, 1.807) is 32.4 Å². The van der Waals surface area contributed by atoms with Gasteiger partial charge in [-0.1, -0.05) is 18.2 Å². The fourth-order valence-electron chi connectivity index (χ4n) is 3.48. The van der Waals surface area contributed by atoms with Crippen molar-refractivity contribution in [2.75, 3.05) is 14.2 Å². The van der Waals surface area contributed by atoms with Crippen molar-refractivity contribution in [3.63, 3.8) is 0 Å². The maximum absolute atomic E-state index is 13.1. The molecule has 4 aromatic rings. The quantitative estimate of drug-likeness (QED) is 0.413. The van der Waals surface area contributed by atoms with Gasteiger partial charge in [0.15, 0.2) is 0 Å². The lowest BCUT2D eigenvalue weighted by Gasteiger charge is -2.06. The second-order valence-electron chi connectivity index (χ2n) is 6.99. The molecule has 32 heavy (non-hydrogen) atoms. The zero-order chi connectivity index (χ0) is 22.7. The van der Waals surface area contributed by atoms with Crippen LogP contribution in [0.5, 0.6) is 11.5 Å². The second-order valence-corrected chi connectivity index (χ2v) is 8.91. The summed E-state index contributed by atoms with van der Waals surface area (Å²) in [7, 11) is -0.833. The molecule has 6 nitrogen and oxygen atoms in total. The van der Waals surface area contributed by atoms with E-state index in [9.17, 15) is 13.7 Å². The predicted octanol–water partition coefficient (Wildman–Crippen LogP) is 5.19. The molecule has 0 saturated heterocycles. The van der Waals surface area contributed by atoms with E-state index in [1.165, 1.54) is 18.2 Å². The standard InChI is InChI=1S/C25H20N2O4S/c1-30-18-10-8-17(9-11-18)25-23(22-14-19(31-2)12-13-24(22)27-25)15-21(16-26)32(28,29)20-6-4-3-5-7-20/h3-15,27H,1-2H3/b21-15+. The van der Waals surface area contributed by atoms with Crippen LogP contribution in [0.3, 0.4) is 0 Å². The topological polar surface area (TPSA) is 92.2 Å². The molecule has 4 rings (SSSR count). The summed E-state index contributed by atoms with van der Waals surface area (Å²) in [5.74, 6) is 1.32. The first-order chi connectivity index (χ1) is 15.5. The van der Waals surface area contributed by atoms with Crippen molar-refractivity contribution in [3.8, 4) is 28.8 Å². The number of benzene rings is 3. The lowest BCUT2D eigenvalue weighted by Crippen LogP contribution is -2.03. The number of aromatic amines is 1. The number of aromatic nitrogens is 1. The van der Waals surface area contributed by atoms with E-state index >= 15 is 0 Å². The number of ether oxygens (including phenoxy) is 2. The highest BCUT2D eigenvalue weighted by Gasteiger charge is 2.22. The highest BCUT2D eigenvalue weighted by Crippen LogP contribution is 2.36. The van der Waals surface area contributed by atoms with Gasteiger partial charge in [-0.15, -0.1) is 0 Å². The molecule has 0 bridgehead atoms. The maximum Gasteiger partial charge on any atom is 0.216 e. The number of hydrogen-bond donors (Lipinski definition) is 1. The molecule has 1 heterocycles. The summed E-state index contributed by atoms with van der Waals surface area (Å²) in [5, 5.41) is 10.5. The molecule has 160 valence electrons. The lowest BCUT2D eigenvalue weighted by atomic mass is 10.0. The smallest absolute Gasteiger partial charge is 0.216 e. The Balaban J connectivity index is 1.97. The fourth-order valence-corrected chi connectivity index (χ4v) is 4.64. The summed E-state index contributed by atoms with van der Waals surface area (Å²) in [6.45, 7) is 0. The van der Waals surface area contributed by atoms with Gasteiger partial charge in [0, 0.05) is 16.5 Å². The van der Waals surface area contributed by atoms with Gasteiger partial charge in [0.25, 0.3) is 0 Å². The number of rotatable bonds is 6. The van der Waals surface area contributed by atoms with Crippen LogP contribution in [0, 0.1) is 11.3 Å². The van der Waals surface area contributed by atoms with Crippen molar-refractivity contribution >= 4 is 26.8 Å². The largest absolute Gasteiger partial charge is 0.497 e. The van der Waals surface area contributed by atoms with Crippen LogP contribution in [0.2, 0.25) is 0 Å². The number of allylic oxidation sites excluding steroid dienone is 1. The number of fused-ring (bicyclic) bond motifs is 1. The number of methoxy groups -OCH3 is 2. The van der Waals surface area contributed by atoms with Gasteiger partial charge in [0.05, 0.1) is 24.8 Å². The van der Waals surface area contributed by atoms with E-state index in [0.29, 0.717) is 22.8 Å². The minimum Gasteiger partial charge on any atom is -0.497 e. The Hall–Kier alpha value is -4.02. The van der Waals surface area contributed by atoms with Gasteiger partial charge in [-0.2, -0.15) is 5.26 Å². The molecule has 7 heteroatoms. The highest BCUT2D eigenvalue weighted by molar-refractivity contribution is 7.95. The van der Waals surface area contributed by atoms with Gasteiger partial charge in [-0.3, -0.25) is 0 Å². The molecule has 0 spiro atoms. The Morgan fingerprint density at radius 2 is 1.59 bits per heavy atom. The first-order valence-corrected chi connectivity index (χ1v) is 11.2. The van der Waals surface area contributed by atoms with Crippen LogP contribution >= 0.6 is 0 Å². The maximum atomic E-state index is 13.1. The van der Waals surface area contributed by atoms with E-state index in [1.807, 2.05) is 48.5 Å². The average molecular weight is 445 g/mol. The Morgan fingerprint density at radius 1 is 0.938 bits per heavy atom. The van der Waals surface area contributed by atoms with Crippen LogP contribution in [0.1, 0.15) is 5.56 Å². The Morgan fingerprint density at radius 3 is 2.22 bits per heavy atom. The zero-order valence-electron chi connectivity index (χ0n) is 17.5. The zero-order valence-corrected chi connectivity index (χ0v) is 18.3. The van der Waals surface area contributed by atoms with Crippen LogP contribution in [-0.4, -0.2) is 27.6 Å². The molecule has 0 radical (unpaired) electrons. The van der Waals surface area contributed by atoms with Gasteiger partial charge >= 0.3 is 0 Å². The molecule has 1 N–H and O–H groups in total. The van der Waals surface area contributed by atoms with Gasteiger partial charge in [0.2, 0.25) is 9.84 Å². The fraction of sp³-hybridized carbons (Fsp3) is 0.0800. The Labute approximate surface area is 186 Å². The number of sulfone groups is 1. The molecule has 3 aromatic carbocycles. The third kappa shape index (κ3) is 3.84. The monoisotopic (exact) mass is 444 g/mol. The van der Waals surface area contributed by atoms with Crippen LogP contribution in [0.4, 0.5) is 0 Å². The van der Waals surface area contributed by atoms with Crippen molar-refractivity contribution in [3.05, 3.63) is 83.3 Å². The number of nitrogens with zero attached hydrogens (tertiary/aromatic N) is 1. The minimum absolute atomic E-state index is 0.0659. The summed E-state index contributed by atoms with van der Waals surface area (Å²) >= 11 is 0. The van der Waals surface area contributed by atoms with Crippen molar-refractivity contribution in [2.45, 2.75) is 4.90 Å². The van der Waals surface area contributed by atoms with Crippen molar-refractivity contribution in [1.82, 2.24) is 4.98 Å². The summed E-state index contributed by atoms with van der Waals surface area (Å²) in [5.41, 5.74) is 2.88. The van der Waals surface area contributed by atoms with Crippen molar-refractivity contribution in [1.29, 1.82) is 5.26 Å². The van der Waals surface area contributed by atoms with Crippen LogP contribution in [-0.2, 0) is 9.84 Å². The minimum atomic E-state index is -3.99. The molecule has 0 aliphatic rings. The van der Waals surface area contributed by atoms with E-state index < -0.39 is 9.84 Å². The summed E-state index contributed by atoms with van der Waals surface area (Å²) in [6, 6.07) is 22.7. The third-order valence-corrected chi connectivity index (χ3v) is 6.83. The molecule has 0 saturated carbocycles. The van der Waals surface area contributed by atoms with Gasteiger partial charge < -0.3 is 14.5 Å². The SMILES string of the molecule is COc1ccc(-c2[nH]c3ccc(OC)cc3c2/C=C(\C#N)S(=O)(=O)c2ccccc2)cc1. The van der Waals surface area contributed by atoms with Crippen LogP contribution in [0.15, 0.2) is 82.6 Å². The van der Waals surface area contributed by atoms with Crippen molar-refractivity contribution in [2.24, 2.45) is 0 Å².